The van der Waals surface area contributed by atoms with Gasteiger partial charge in [-0.3, -0.25) is 4.90 Å². The number of nitrogens with zero attached hydrogens (tertiary/aromatic N) is 1. The van der Waals surface area contributed by atoms with E-state index in [0.717, 1.165) is 25.6 Å². The molecule has 1 N–H and O–H groups in total. The van der Waals surface area contributed by atoms with Gasteiger partial charge in [-0.15, -0.1) is 0 Å². The molecule has 1 aliphatic carbocycles. The zero-order chi connectivity index (χ0) is 8.55. The fraction of sp³-hybridized carbons (Fsp3) is 1.00. The molecule has 12 heavy (non-hydrogen) atoms. The van der Waals surface area contributed by atoms with Gasteiger partial charge in [0.15, 0.2) is 0 Å². The summed E-state index contributed by atoms with van der Waals surface area (Å²) in [5, 5.41) is 9.69. The first kappa shape index (κ1) is 8.52. The van der Waals surface area contributed by atoms with Gasteiger partial charge in [-0.05, 0) is 25.2 Å². The quantitative estimate of drug-likeness (QED) is 0.672. The lowest BCUT2D eigenvalue weighted by Gasteiger charge is -2.34. The fourth-order valence-corrected chi connectivity index (χ4v) is 2.34. The highest BCUT2D eigenvalue weighted by atomic mass is 16.3. The summed E-state index contributed by atoms with van der Waals surface area (Å²) >= 11 is 0. The smallest absolute Gasteiger partial charge is 0.0707 e. The lowest BCUT2D eigenvalue weighted by atomic mass is 9.92. The summed E-state index contributed by atoms with van der Waals surface area (Å²) in [6.45, 7) is 4.25. The standard InChI is InChI=1S/C10H19NO/c1-2-8-6-11(7-10(8)12)9-4-3-5-9/h8-10,12H,2-7H2,1H3. The van der Waals surface area contributed by atoms with Crippen LogP contribution in [0.4, 0.5) is 0 Å². The molecular weight excluding hydrogens is 150 g/mol. The van der Waals surface area contributed by atoms with Crippen molar-refractivity contribution in [2.24, 2.45) is 5.92 Å². The average Bonchev–Trinajstić information content (AvgIpc) is 2.27. The summed E-state index contributed by atoms with van der Waals surface area (Å²) in [5.74, 6) is 0.547. The van der Waals surface area contributed by atoms with Gasteiger partial charge in [0.1, 0.15) is 0 Å². The Hall–Kier alpha value is -0.0800. The molecule has 0 bridgehead atoms. The predicted octanol–water partition coefficient (Wildman–Crippen LogP) is 1.24. The molecule has 70 valence electrons. The first-order valence-corrected chi connectivity index (χ1v) is 5.23. The van der Waals surface area contributed by atoms with Crippen molar-refractivity contribution in [2.75, 3.05) is 13.1 Å². The van der Waals surface area contributed by atoms with Crippen LogP contribution in [0, 0.1) is 5.92 Å². The van der Waals surface area contributed by atoms with Crippen molar-refractivity contribution in [3.05, 3.63) is 0 Å². The average molecular weight is 169 g/mol. The summed E-state index contributed by atoms with van der Waals surface area (Å²) in [6, 6.07) is 0.816. The van der Waals surface area contributed by atoms with Gasteiger partial charge in [-0.1, -0.05) is 13.3 Å². The Morgan fingerprint density at radius 2 is 2.08 bits per heavy atom. The third-order valence-corrected chi connectivity index (χ3v) is 3.55. The van der Waals surface area contributed by atoms with E-state index in [9.17, 15) is 5.11 Å². The highest BCUT2D eigenvalue weighted by Crippen LogP contribution is 2.30. The van der Waals surface area contributed by atoms with Crippen LogP contribution in [0.2, 0.25) is 0 Å². The maximum absolute atomic E-state index is 9.69. The van der Waals surface area contributed by atoms with E-state index in [1.807, 2.05) is 0 Å². The molecule has 2 heteroatoms. The molecule has 2 rings (SSSR count). The van der Waals surface area contributed by atoms with Crippen molar-refractivity contribution in [3.8, 4) is 0 Å². The summed E-state index contributed by atoms with van der Waals surface area (Å²) in [5.41, 5.74) is 0. The Labute approximate surface area is 74.6 Å². The SMILES string of the molecule is CCC1CN(C2CCC2)CC1O. The number of hydrogen-bond donors (Lipinski definition) is 1. The number of rotatable bonds is 2. The largest absolute Gasteiger partial charge is 0.391 e. The number of hydrogen-bond acceptors (Lipinski definition) is 2. The van der Waals surface area contributed by atoms with E-state index in [4.69, 9.17) is 0 Å². The van der Waals surface area contributed by atoms with Crippen molar-refractivity contribution in [2.45, 2.75) is 44.8 Å². The maximum Gasteiger partial charge on any atom is 0.0707 e. The molecule has 2 aliphatic rings. The highest BCUT2D eigenvalue weighted by molar-refractivity contribution is 4.89. The molecule has 2 atom stereocenters. The highest BCUT2D eigenvalue weighted by Gasteiger charge is 2.35. The number of aliphatic hydroxyl groups excluding tert-OH is 1. The molecule has 2 nitrogen and oxygen atoms in total. The van der Waals surface area contributed by atoms with Crippen molar-refractivity contribution in [1.82, 2.24) is 4.90 Å². The van der Waals surface area contributed by atoms with Gasteiger partial charge in [-0.25, -0.2) is 0 Å². The van der Waals surface area contributed by atoms with E-state index in [1.54, 1.807) is 0 Å². The van der Waals surface area contributed by atoms with E-state index < -0.39 is 0 Å². The first-order valence-electron chi connectivity index (χ1n) is 5.23. The molecule has 0 aromatic carbocycles. The molecule has 0 spiro atoms. The van der Waals surface area contributed by atoms with Crippen molar-refractivity contribution >= 4 is 0 Å². The number of aliphatic hydroxyl groups is 1. The molecule has 1 saturated heterocycles. The summed E-state index contributed by atoms with van der Waals surface area (Å²) in [7, 11) is 0. The molecule has 1 aliphatic heterocycles. The van der Waals surface area contributed by atoms with Gasteiger partial charge < -0.3 is 5.11 Å². The number of β-amino-alcohol motifs (C(OH)–C–C–N with tert-alkyl or cyclic N) is 1. The third kappa shape index (κ3) is 1.38. The fourth-order valence-electron chi connectivity index (χ4n) is 2.34. The second-order valence-corrected chi connectivity index (χ2v) is 4.27. The van der Waals surface area contributed by atoms with Gasteiger partial charge in [0.25, 0.3) is 0 Å². The maximum atomic E-state index is 9.69. The molecule has 2 fully saturated rings. The zero-order valence-electron chi connectivity index (χ0n) is 7.87. The molecule has 0 radical (unpaired) electrons. The van der Waals surface area contributed by atoms with Gasteiger partial charge in [0, 0.05) is 19.1 Å². The lowest BCUT2D eigenvalue weighted by molar-refractivity contribution is 0.118. The van der Waals surface area contributed by atoms with Crippen LogP contribution in [0.1, 0.15) is 32.6 Å². The molecule has 0 amide bonds. The van der Waals surface area contributed by atoms with Gasteiger partial charge in [0.05, 0.1) is 6.10 Å². The van der Waals surface area contributed by atoms with Gasteiger partial charge >= 0.3 is 0 Å². The van der Waals surface area contributed by atoms with E-state index in [1.165, 1.54) is 19.3 Å². The number of likely N-dealkylation sites (tertiary alicyclic amines) is 1. The Bertz CT molecular complexity index is 156. The van der Waals surface area contributed by atoms with Crippen LogP contribution in [0.3, 0.4) is 0 Å². The third-order valence-electron chi connectivity index (χ3n) is 3.55. The summed E-state index contributed by atoms with van der Waals surface area (Å²) < 4.78 is 0. The Kier molecular flexibility index (Phi) is 2.37. The van der Waals surface area contributed by atoms with Crippen LogP contribution < -0.4 is 0 Å². The van der Waals surface area contributed by atoms with Crippen molar-refractivity contribution in [1.29, 1.82) is 0 Å². The zero-order valence-corrected chi connectivity index (χ0v) is 7.87. The lowest BCUT2D eigenvalue weighted by Crippen LogP contribution is -2.38. The molecule has 0 aromatic rings. The Morgan fingerprint density at radius 3 is 2.50 bits per heavy atom. The minimum atomic E-state index is -0.0457. The van der Waals surface area contributed by atoms with Crippen LogP contribution in [0.15, 0.2) is 0 Å². The summed E-state index contributed by atoms with van der Waals surface area (Å²) in [6.07, 6.45) is 5.21. The van der Waals surface area contributed by atoms with Crippen LogP contribution in [-0.4, -0.2) is 35.2 Å². The molecule has 0 aromatic heterocycles. The second-order valence-electron chi connectivity index (χ2n) is 4.27. The van der Waals surface area contributed by atoms with E-state index in [2.05, 4.69) is 11.8 Å². The monoisotopic (exact) mass is 169 g/mol. The van der Waals surface area contributed by atoms with Crippen LogP contribution >= 0.6 is 0 Å². The van der Waals surface area contributed by atoms with Crippen molar-refractivity contribution < 1.29 is 5.11 Å². The molecule has 1 saturated carbocycles. The van der Waals surface area contributed by atoms with Crippen LogP contribution in [0.25, 0.3) is 0 Å². The molecule has 1 heterocycles. The Morgan fingerprint density at radius 1 is 1.33 bits per heavy atom. The first-order chi connectivity index (χ1) is 5.81. The van der Waals surface area contributed by atoms with Crippen molar-refractivity contribution in [3.63, 3.8) is 0 Å². The van der Waals surface area contributed by atoms with Gasteiger partial charge in [0.2, 0.25) is 0 Å². The van der Waals surface area contributed by atoms with Crippen LogP contribution in [-0.2, 0) is 0 Å². The van der Waals surface area contributed by atoms with E-state index >= 15 is 0 Å². The van der Waals surface area contributed by atoms with Crippen LogP contribution in [0.5, 0.6) is 0 Å². The minimum absolute atomic E-state index is 0.0457. The van der Waals surface area contributed by atoms with E-state index in [0.29, 0.717) is 5.92 Å². The normalized spacial score (nSPS) is 38.5. The molecular formula is C10H19NO. The Balaban J connectivity index is 1.86. The summed E-state index contributed by atoms with van der Waals surface area (Å²) in [4.78, 5) is 2.49. The second kappa shape index (κ2) is 3.35. The van der Waals surface area contributed by atoms with Gasteiger partial charge in [-0.2, -0.15) is 0 Å². The topological polar surface area (TPSA) is 23.5 Å². The minimum Gasteiger partial charge on any atom is -0.391 e. The molecule has 2 unspecified atom stereocenters. The van der Waals surface area contributed by atoms with E-state index in [-0.39, 0.29) is 6.10 Å². The predicted molar refractivity (Wildman–Crippen MR) is 49.0 cm³/mol.